The topological polar surface area (TPSA) is 171 Å². The molecule has 0 aliphatic rings. The highest BCUT2D eigenvalue weighted by Gasteiger charge is 2.17. The largest absolute Gasteiger partial charge is 0.391 e. The maximum atomic E-state index is 12.8. The molecule has 2 aromatic rings. The van der Waals surface area contributed by atoms with Crippen LogP contribution in [0.5, 0.6) is 0 Å². The lowest BCUT2D eigenvalue weighted by molar-refractivity contribution is -0.122. The van der Waals surface area contributed by atoms with Crippen LogP contribution in [0.3, 0.4) is 0 Å². The van der Waals surface area contributed by atoms with Crippen LogP contribution >= 0.6 is 0 Å². The summed E-state index contributed by atoms with van der Waals surface area (Å²) in [5, 5.41) is 5.87. The van der Waals surface area contributed by atoms with E-state index in [1.54, 1.807) is 25.1 Å². The summed E-state index contributed by atoms with van der Waals surface area (Å²) in [5.74, 6) is -0.975. The van der Waals surface area contributed by atoms with E-state index >= 15 is 0 Å². The molecule has 0 unspecified atom stereocenters. The Morgan fingerprint density at radius 2 is 1.87 bits per heavy atom. The SMILES string of the molecule is Cc1ccccc1CS(=O)(=O)Nc1ccc(C)n(CC(=O)NCCON=C(N)N)c1=O. The number of amides is 1. The Morgan fingerprint density at radius 3 is 2.55 bits per heavy atom. The minimum Gasteiger partial charge on any atom is -0.391 e. The molecule has 6 N–H and O–H groups in total. The van der Waals surface area contributed by atoms with Crippen molar-refractivity contribution in [2.24, 2.45) is 16.6 Å². The number of carbonyl (C=O) groups excluding carboxylic acids is 1. The van der Waals surface area contributed by atoms with E-state index < -0.39 is 21.5 Å². The van der Waals surface area contributed by atoms with Gasteiger partial charge >= 0.3 is 0 Å². The van der Waals surface area contributed by atoms with E-state index in [-0.39, 0.29) is 37.1 Å². The van der Waals surface area contributed by atoms with Gasteiger partial charge < -0.3 is 26.2 Å². The molecule has 2 rings (SSSR count). The standard InChI is InChI=1S/C19H26N6O5S/c1-13-5-3-4-6-15(13)12-31(28,29)24-16-8-7-14(2)25(18(16)27)11-17(26)22-9-10-30-23-19(20)21/h3-8,24H,9-12H2,1-2H3,(H,22,26)(H4,20,21,23). The van der Waals surface area contributed by atoms with Gasteiger partial charge in [-0.15, -0.1) is 0 Å². The predicted molar refractivity (Wildman–Crippen MR) is 118 cm³/mol. The van der Waals surface area contributed by atoms with Crippen molar-refractivity contribution in [1.82, 2.24) is 9.88 Å². The Morgan fingerprint density at radius 1 is 1.16 bits per heavy atom. The molecule has 0 bridgehead atoms. The molecular formula is C19H26N6O5S. The summed E-state index contributed by atoms with van der Waals surface area (Å²) >= 11 is 0. The number of anilines is 1. The summed E-state index contributed by atoms with van der Waals surface area (Å²) in [4.78, 5) is 29.7. The zero-order valence-electron chi connectivity index (χ0n) is 17.3. The lowest BCUT2D eigenvalue weighted by atomic mass is 10.1. The number of rotatable bonds is 10. The average Bonchev–Trinajstić information content (AvgIpc) is 2.68. The normalized spacial score (nSPS) is 10.9. The van der Waals surface area contributed by atoms with Gasteiger partial charge in [-0.25, -0.2) is 8.42 Å². The first-order chi connectivity index (χ1) is 14.6. The van der Waals surface area contributed by atoms with Crippen LogP contribution in [0.2, 0.25) is 0 Å². The van der Waals surface area contributed by atoms with Gasteiger partial charge in [0.05, 0.1) is 12.3 Å². The number of hydrogen-bond donors (Lipinski definition) is 4. The average molecular weight is 451 g/mol. The third-order valence-corrected chi connectivity index (χ3v) is 5.47. The second kappa shape index (κ2) is 10.5. The molecule has 0 aliphatic heterocycles. The zero-order valence-corrected chi connectivity index (χ0v) is 18.1. The fourth-order valence-electron chi connectivity index (χ4n) is 2.68. The molecule has 11 nitrogen and oxygen atoms in total. The Bertz CT molecular complexity index is 1120. The first kappa shape index (κ1) is 23.7. The van der Waals surface area contributed by atoms with E-state index in [1.165, 1.54) is 10.6 Å². The van der Waals surface area contributed by atoms with E-state index in [1.807, 2.05) is 19.1 Å². The molecule has 0 atom stereocenters. The minimum absolute atomic E-state index is 0.0380. The maximum Gasteiger partial charge on any atom is 0.275 e. The van der Waals surface area contributed by atoms with E-state index in [9.17, 15) is 18.0 Å². The van der Waals surface area contributed by atoms with Gasteiger partial charge in [-0.3, -0.25) is 14.3 Å². The van der Waals surface area contributed by atoms with Crippen LogP contribution in [0.4, 0.5) is 5.69 Å². The fourth-order valence-corrected chi connectivity index (χ4v) is 3.98. The number of benzene rings is 1. The number of aromatic nitrogens is 1. The molecule has 0 saturated heterocycles. The molecule has 1 amide bonds. The number of nitrogens with one attached hydrogen (secondary N) is 2. The van der Waals surface area contributed by atoms with Gasteiger partial charge in [0.25, 0.3) is 5.56 Å². The molecule has 1 aromatic heterocycles. The van der Waals surface area contributed by atoms with E-state index in [4.69, 9.17) is 16.3 Å². The molecule has 168 valence electrons. The van der Waals surface area contributed by atoms with Crippen molar-refractivity contribution in [3.63, 3.8) is 0 Å². The van der Waals surface area contributed by atoms with Crippen LogP contribution in [-0.2, 0) is 32.0 Å². The molecule has 1 aromatic carbocycles. The number of nitrogens with zero attached hydrogens (tertiary/aromatic N) is 2. The van der Waals surface area contributed by atoms with Crippen LogP contribution in [0, 0.1) is 13.8 Å². The molecule has 0 aliphatic carbocycles. The van der Waals surface area contributed by atoms with E-state index in [0.717, 1.165) is 5.56 Å². The second-order valence-corrected chi connectivity index (χ2v) is 8.49. The Balaban J connectivity index is 2.08. The molecular weight excluding hydrogens is 424 g/mol. The van der Waals surface area contributed by atoms with Crippen molar-refractivity contribution in [1.29, 1.82) is 0 Å². The number of hydrogen-bond acceptors (Lipinski definition) is 6. The fraction of sp³-hybridized carbons (Fsp3) is 0.316. The summed E-state index contributed by atoms with van der Waals surface area (Å²) in [5.41, 5.74) is 11.4. The van der Waals surface area contributed by atoms with Crippen molar-refractivity contribution in [3.8, 4) is 0 Å². The zero-order chi connectivity index (χ0) is 23.0. The summed E-state index contributed by atoms with van der Waals surface area (Å²) in [6.07, 6.45) is 0. The number of oxime groups is 1. The lowest BCUT2D eigenvalue weighted by Crippen LogP contribution is -2.36. The smallest absolute Gasteiger partial charge is 0.275 e. The van der Waals surface area contributed by atoms with Gasteiger partial charge in [-0.1, -0.05) is 24.3 Å². The van der Waals surface area contributed by atoms with Gasteiger partial charge in [0.2, 0.25) is 21.9 Å². The Hall–Kier alpha value is -3.54. The second-order valence-electron chi connectivity index (χ2n) is 6.77. The van der Waals surface area contributed by atoms with Crippen molar-refractivity contribution in [2.45, 2.75) is 26.1 Å². The number of pyridine rings is 1. The van der Waals surface area contributed by atoms with E-state index in [2.05, 4.69) is 15.2 Å². The van der Waals surface area contributed by atoms with Gasteiger partial charge in [0.15, 0.2) is 0 Å². The summed E-state index contributed by atoms with van der Waals surface area (Å²) in [6, 6.07) is 10.0. The van der Waals surface area contributed by atoms with Gasteiger partial charge in [0, 0.05) is 5.69 Å². The highest BCUT2D eigenvalue weighted by atomic mass is 32.2. The van der Waals surface area contributed by atoms with Crippen LogP contribution in [0.15, 0.2) is 46.3 Å². The summed E-state index contributed by atoms with van der Waals surface area (Å²) in [6.45, 7) is 3.32. The van der Waals surface area contributed by atoms with Gasteiger partial charge in [0.1, 0.15) is 18.8 Å². The Kier molecular flexibility index (Phi) is 8.02. The van der Waals surface area contributed by atoms with Crippen LogP contribution < -0.4 is 27.1 Å². The summed E-state index contributed by atoms with van der Waals surface area (Å²) in [7, 11) is -3.83. The molecule has 1 heterocycles. The molecule has 0 spiro atoms. The summed E-state index contributed by atoms with van der Waals surface area (Å²) < 4.78 is 28.6. The molecule has 0 radical (unpaired) electrons. The molecule has 0 fully saturated rings. The first-order valence-corrected chi connectivity index (χ1v) is 11.0. The highest BCUT2D eigenvalue weighted by Crippen LogP contribution is 2.13. The van der Waals surface area contributed by atoms with Crippen LogP contribution in [0.1, 0.15) is 16.8 Å². The van der Waals surface area contributed by atoms with Crippen molar-refractivity contribution in [3.05, 3.63) is 63.6 Å². The van der Waals surface area contributed by atoms with Gasteiger partial charge in [-0.2, -0.15) is 0 Å². The monoisotopic (exact) mass is 450 g/mol. The first-order valence-electron chi connectivity index (χ1n) is 9.32. The van der Waals surface area contributed by atoms with Crippen molar-refractivity contribution in [2.75, 3.05) is 17.9 Å². The third kappa shape index (κ3) is 7.33. The predicted octanol–water partition coefficient (Wildman–Crippen LogP) is -0.272. The number of guanidine groups is 1. The number of sulfonamides is 1. The van der Waals surface area contributed by atoms with Crippen molar-refractivity contribution < 1.29 is 18.0 Å². The Labute approximate surface area is 180 Å². The maximum absolute atomic E-state index is 12.8. The third-order valence-electron chi connectivity index (χ3n) is 4.25. The van der Waals surface area contributed by atoms with Crippen molar-refractivity contribution >= 4 is 27.6 Å². The highest BCUT2D eigenvalue weighted by molar-refractivity contribution is 7.91. The molecule has 12 heteroatoms. The molecule has 31 heavy (non-hydrogen) atoms. The number of carbonyl (C=O) groups is 1. The quantitative estimate of drug-likeness (QED) is 0.167. The molecule has 0 saturated carbocycles. The number of aryl methyl sites for hydroxylation is 2. The minimum atomic E-state index is -3.83. The lowest BCUT2D eigenvalue weighted by Gasteiger charge is -2.14. The number of nitrogens with two attached hydrogens (primary N) is 2. The van der Waals surface area contributed by atoms with E-state index in [0.29, 0.717) is 11.3 Å². The van der Waals surface area contributed by atoms with Crippen LogP contribution in [0.25, 0.3) is 0 Å². The van der Waals surface area contributed by atoms with Gasteiger partial charge in [-0.05, 0) is 42.3 Å². The van der Waals surface area contributed by atoms with Crippen LogP contribution in [-0.4, -0.2) is 38.0 Å².